The van der Waals surface area contributed by atoms with Gasteiger partial charge in [-0.25, -0.2) is 4.79 Å². The molecule has 3 rings (SSSR count). The number of furan rings is 1. The van der Waals surface area contributed by atoms with Crippen LogP contribution in [0.25, 0.3) is 5.69 Å². The van der Waals surface area contributed by atoms with Crippen molar-refractivity contribution in [2.45, 2.75) is 6.10 Å². The summed E-state index contributed by atoms with van der Waals surface area (Å²) in [4.78, 5) is 11.8. The van der Waals surface area contributed by atoms with Crippen LogP contribution in [0.4, 0.5) is 0 Å². The highest BCUT2D eigenvalue weighted by Crippen LogP contribution is 2.28. The van der Waals surface area contributed by atoms with Crippen molar-refractivity contribution < 1.29 is 18.7 Å². The van der Waals surface area contributed by atoms with Gasteiger partial charge in [-0.1, -0.05) is 29.9 Å². The van der Waals surface area contributed by atoms with E-state index in [1.54, 1.807) is 12.1 Å². The summed E-state index contributed by atoms with van der Waals surface area (Å²) in [6, 6.07) is 12.6. The standard InChI is InChI=1S/C16H14N4O4/c1-11(15(21)22-2)14(13-9-6-10-23-13)24-16-17-18-19-20(16)12-7-4-3-5-8-12/h3-10,14H,1H2,2H3. The van der Waals surface area contributed by atoms with Gasteiger partial charge in [0.2, 0.25) is 0 Å². The minimum absolute atomic E-state index is 0.0649. The number of benzene rings is 1. The van der Waals surface area contributed by atoms with Crippen LogP contribution >= 0.6 is 0 Å². The molecule has 0 bridgehead atoms. The predicted octanol–water partition coefficient (Wildman–Crippen LogP) is 2.10. The van der Waals surface area contributed by atoms with E-state index in [0.29, 0.717) is 11.4 Å². The van der Waals surface area contributed by atoms with Gasteiger partial charge in [0.15, 0.2) is 6.10 Å². The maximum Gasteiger partial charge on any atom is 0.341 e. The lowest BCUT2D eigenvalue weighted by molar-refractivity contribution is -0.137. The minimum Gasteiger partial charge on any atom is -0.466 e. The Hall–Kier alpha value is -3.42. The Bertz CT molecular complexity index is 827. The number of tetrazole rings is 1. The first-order chi connectivity index (χ1) is 11.7. The second-order valence-corrected chi connectivity index (χ2v) is 4.74. The molecule has 122 valence electrons. The number of carbonyl (C=O) groups excluding carboxylic acids is 1. The fraction of sp³-hybridized carbons (Fsp3) is 0.125. The van der Waals surface area contributed by atoms with E-state index in [0.717, 1.165) is 0 Å². The molecule has 0 aliphatic heterocycles. The summed E-state index contributed by atoms with van der Waals surface area (Å²) in [6.45, 7) is 3.73. The van der Waals surface area contributed by atoms with Crippen LogP contribution in [-0.2, 0) is 9.53 Å². The highest BCUT2D eigenvalue weighted by Gasteiger charge is 2.28. The van der Waals surface area contributed by atoms with Gasteiger partial charge in [-0.2, -0.15) is 4.68 Å². The number of hydrogen-bond donors (Lipinski definition) is 0. The van der Waals surface area contributed by atoms with E-state index in [1.165, 1.54) is 18.1 Å². The quantitative estimate of drug-likeness (QED) is 0.506. The second kappa shape index (κ2) is 6.78. The molecule has 0 N–H and O–H groups in total. The molecule has 8 heteroatoms. The molecule has 0 spiro atoms. The number of para-hydroxylation sites is 1. The number of esters is 1. The topological polar surface area (TPSA) is 92.3 Å². The number of aromatic nitrogens is 4. The SMILES string of the molecule is C=C(C(=O)OC)C(Oc1nnnn1-c1ccccc1)c1ccco1. The third-order valence-corrected chi connectivity index (χ3v) is 3.23. The molecule has 24 heavy (non-hydrogen) atoms. The van der Waals surface area contributed by atoms with Crippen LogP contribution < -0.4 is 4.74 Å². The summed E-state index contributed by atoms with van der Waals surface area (Å²) < 4.78 is 17.2. The van der Waals surface area contributed by atoms with Gasteiger partial charge >= 0.3 is 12.0 Å². The van der Waals surface area contributed by atoms with E-state index >= 15 is 0 Å². The van der Waals surface area contributed by atoms with Gasteiger partial charge in [0, 0.05) is 0 Å². The molecule has 3 aromatic rings. The van der Waals surface area contributed by atoms with Gasteiger partial charge in [-0.05, 0) is 34.7 Å². The summed E-state index contributed by atoms with van der Waals surface area (Å²) >= 11 is 0. The lowest BCUT2D eigenvalue weighted by atomic mass is 10.1. The Morgan fingerprint density at radius 2 is 2.04 bits per heavy atom. The smallest absolute Gasteiger partial charge is 0.341 e. The van der Waals surface area contributed by atoms with Gasteiger partial charge in [0.1, 0.15) is 5.76 Å². The molecule has 1 aromatic carbocycles. The van der Waals surface area contributed by atoms with E-state index in [4.69, 9.17) is 13.9 Å². The van der Waals surface area contributed by atoms with Crippen LogP contribution in [0.2, 0.25) is 0 Å². The molecule has 1 atom stereocenters. The van der Waals surface area contributed by atoms with Crippen molar-refractivity contribution in [3.63, 3.8) is 0 Å². The Morgan fingerprint density at radius 3 is 2.71 bits per heavy atom. The molecule has 8 nitrogen and oxygen atoms in total. The molecule has 2 heterocycles. The first kappa shape index (κ1) is 15.5. The summed E-state index contributed by atoms with van der Waals surface area (Å²) in [6.07, 6.45) is 0.553. The lowest BCUT2D eigenvalue weighted by Crippen LogP contribution is -2.18. The first-order valence-electron chi connectivity index (χ1n) is 7.01. The summed E-state index contributed by atoms with van der Waals surface area (Å²) in [5, 5.41) is 11.4. The molecule has 0 aliphatic carbocycles. The van der Waals surface area contributed by atoms with Crippen LogP contribution in [0.15, 0.2) is 65.3 Å². The van der Waals surface area contributed by atoms with Crippen LogP contribution in [0.5, 0.6) is 6.01 Å². The zero-order valence-electron chi connectivity index (χ0n) is 12.8. The lowest BCUT2D eigenvalue weighted by Gasteiger charge is -2.17. The molecule has 0 amide bonds. The van der Waals surface area contributed by atoms with Crippen molar-refractivity contribution in [1.29, 1.82) is 0 Å². The van der Waals surface area contributed by atoms with E-state index in [9.17, 15) is 4.79 Å². The Balaban J connectivity index is 1.93. The van der Waals surface area contributed by atoms with E-state index in [1.807, 2.05) is 30.3 Å². The number of rotatable bonds is 6. The van der Waals surface area contributed by atoms with Crippen molar-refractivity contribution in [3.8, 4) is 11.7 Å². The fourth-order valence-corrected chi connectivity index (χ4v) is 2.07. The van der Waals surface area contributed by atoms with Crippen molar-refractivity contribution in [2.24, 2.45) is 0 Å². The minimum atomic E-state index is -0.916. The van der Waals surface area contributed by atoms with Crippen LogP contribution in [0, 0.1) is 0 Å². The molecule has 1 unspecified atom stereocenters. The van der Waals surface area contributed by atoms with Crippen LogP contribution in [0.3, 0.4) is 0 Å². The fourth-order valence-electron chi connectivity index (χ4n) is 2.07. The van der Waals surface area contributed by atoms with Crippen molar-refractivity contribution in [3.05, 3.63) is 66.6 Å². The highest BCUT2D eigenvalue weighted by molar-refractivity contribution is 5.88. The van der Waals surface area contributed by atoms with Gasteiger partial charge in [-0.15, -0.1) is 0 Å². The maximum atomic E-state index is 11.8. The number of carbonyl (C=O) groups is 1. The van der Waals surface area contributed by atoms with Crippen LogP contribution in [-0.4, -0.2) is 33.3 Å². The molecule has 2 aromatic heterocycles. The van der Waals surface area contributed by atoms with E-state index in [-0.39, 0.29) is 11.6 Å². The molecule has 0 fully saturated rings. The largest absolute Gasteiger partial charge is 0.466 e. The highest BCUT2D eigenvalue weighted by atomic mass is 16.5. The Morgan fingerprint density at radius 1 is 1.25 bits per heavy atom. The average molecular weight is 326 g/mol. The predicted molar refractivity (Wildman–Crippen MR) is 82.4 cm³/mol. The van der Waals surface area contributed by atoms with Crippen molar-refractivity contribution in [1.82, 2.24) is 20.2 Å². The summed E-state index contributed by atoms with van der Waals surface area (Å²) in [7, 11) is 1.26. The molecular weight excluding hydrogens is 312 g/mol. The molecule has 0 radical (unpaired) electrons. The van der Waals surface area contributed by atoms with Gasteiger partial charge in [0.05, 0.1) is 24.6 Å². The van der Waals surface area contributed by atoms with E-state index in [2.05, 4.69) is 22.1 Å². The number of hydrogen-bond acceptors (Lipinski definition) is 7. The zero-order valence-corrected chi connectivity index (χ0v) is 12.8. The normalized spacial score (nSPS) is 11.7. The number of nitrogens with zero attached hydrogens (tertiary/aromatic N) is 4. The molecule has 0 saturated carbocycles. The number of methoxy groups -OCH3 is 1. The zero-order chi connectivity index (χ0) is 16.9. The molecule has 0 aliphatic rings. The van der Waals surface area contributed by atoms with Gasteiger partial charge in [-0.3, -0.25) is 0 Å². The third kappa shape index (κ3) is 3.02. The summed E-state index contributed by atoms with van der Waals surface area (Å²) in [5.74, 6) is -0.233. The Labute approximate surface area is 137 Å². The first-order valence-corrected chi connectivity index (χ1v) is 7.01. The van der Waals surface area contributed by atoms with Gasteiger partial charge < -0.3 is 13.9 Å². The van der Waals surface area contributed by atoms with Crippen molar-refractivity contribution >= 4 is 5.97 Å². The monoisotopic (exact) mass is 326 g/mol. The van der Waals surface area contributed by atoms with Crippen LogP contribution in [0.1, 0.15) is 11.9 Å². The second-order valence-electron chi connectivity index (χ2n) is 4.74. The van der Waals surface area contributed by atoms with Crippen molar-refractivity contribution in [2.75, 3.05) is 7.11 Å². The van der Waals surface area contributed by atoms with Gasteiger partial charge in [0.25, 0.3) is 0 Å². The molecule has 0 saturated heterocycles. The van der Waals surface area contributed by atoms with E-state index < -0.39 is 12.1 Å². The molecular formula is C16H14N4O4. The summed E-state index contributed by atoms with van der Waals surface area (Å²) in [5.41, 5.74) is 0.773. The maximum absolute atomic E-state index is 11.8. The average Bonchev–Trinajstić information content (AvgIpc) is 3.30. The number of ether oxygens (including phenoxy) is 2. The third-order valence-electron chi connectivity index (χ3n) is 3.23. The Kier molecular flexibility index (Phi) is 4.37.